The minimum Gasteiger partial charge on any atom is -0.378 e. The third kappa shape index (κ3) is 7.04. The van der Waals surface area contributed by atoms with Gasteiger partial charge < -0.3 is 4.74 Å². The van der Waals surface area contributed by atoms with Gasteiger partial charge in [0.25, 0.3) is 0 Å². The van der Waals surface area contributed by atoms with Crippen LogP contribution in [0.2, 0.25) is 0 Å². The van der Waals surface area contributed by atoms with Crippen molar-refractivity contribution in [3.63, 3.8) is 0 Å². The van der Waals surface area contributed by atoms with E-state index in [9.17, 15) is 8.42 Å². The average Bonchev–Trinajstić information content (AvgIpc) is 2.49. The van der Waals surface area contributed by atoms with Crippen molar-refractivity contribution in [3.8, 4) is 0 Å². The lowest BCUT2D eigenvalue weighted by atomic mass is 9.83. The van der Waals surface area contributed by atoms with E-state index in [1.165, 1.54) is 12.8 Å². The number of rotatable bonds is 7. The van der Waals surface area contributed by atoms with Gasteiger partial charge in [0.05, 0.1) is 18.5 Å². The molecule has 4 nitrogen and oxygen atoms in total. The molecule has 0 amide bonds. The zero-order chi connectivity index (χ0) is 15.2. The van der Waals surface area contributed by atoms with Crippen molar-refractivity contribution in [2.24, 2.45) is 16.5 Å². The van der Waals surface area contributed by atoms with Crippen LogP contribution in [0.3, 0.4) is 0 Å². The van der Waals surface area contributed by atoms with Crippen LogP contribution < -0.4 is 5.14 Å². The van der Waals surface area contributed by atoms with Crippen LogP contribution in [0.25, 0.3) is 0 Å². The molecule has 1 aliphatic carbocycles. The first-order chi connectivity index (χ1) is 9.22. The van der Waals surface area contributed by atoms with Crippen molar-refractivity contribution in [3.05, 3.63) is 0 Å². The Bertz CT molecular complexity index is 371. The number of hydrogen-bond donors (Lipinski definition) is 1. The second-order valence-electron chi connectivity index (χ2n) is 6.97. The molecular formula is C15H31NO3S. The summed E-state index contributed by atoms with van der Waals surface area (Å²) in [7, 11) is -3.45. The molecule has 1 aliphatic rings. The van der Waals surface area contributed by atoms with Gasteiger partial charge in [-0.2, -0.15) is 0 Å². The van der Waals surface area contributed by atoms with Crippen LogP contribution in [-0.4, -0.2) is 26.9 Å². The highest BCUT2D eigenvalue weighted by molar-refractivity contribution is 7.89. The van der Waals surface area contributed by atoms with Crippen molar-refractivity contribution in [2.75, 3.05) is 12.4 Å². The summed E-state index contributed by atoms with van der Waals surface area (Å²) in [5, 5.41) is 5.31. The summed E-state index contributed by atoms with van der Waals surface area (Å²) in [4.78, 5) is 0. The van der Waals surface area contributed by atoms with E-state index in [1.54, 1.807) is 0 Å². The number of nitrogens with two attached hydrogens (primary N) is 1. The summed E-state index contributed by atoms with van der Waals surface area (Å²) >= 11 is 0. The van der Waals surface area contributed by atoms with Crippen molar-refractivity contribution < 1.29 is 13.2 Å². The highest BCUT2D eigenvalue weighted by atomic mass is 32.2. The Morgan fingerprint density at radius 2 is 1.65 bits per heavy atom. The Morgan fingerprint density at radius 1 is 1.10 bits per heavy atom. The number of sulfonamides is 1. The number of primary sulfonamides is 1. The second-order valence-corrected chi connectivity index (χ2v) is 8.59. The molecule has 1 saturated carbocycles. The lowest BCUT2D eigenvalue weighted by molar-refractivity contribution is -0.00785. The van der Waals surface area contributed by atoms with Gasteiger partial charge in [-0.3, -0.25) is 0 Å². The third-order valence-corrected chi connectivity index (χ3v) is 5.16. The lowest BCUT2D eigenvalue weighted by Gasteiger charge is -2.33. The molecule has 0 saturated heterocycles. The lowest BCUT2D eigenvalue weighted by Crippen LogP contribution is -2.38. The molecule has 0 radical (unpaired) electrons. The maximum absolute atomic E-state index is 11.6. The van der Waals surface area contributed by atoms with E-state index in [0.29, 0.717) is 12.5 Å². The highest BCUT2D eigenvalue weighted by Crippen LogP contribution is 2.36. The van der Waals surface area contributed by atoms with Crippen molar-refractivity contribution in [1.29, 1.82) is 0 Å². The van der Waals surface area contributed by atoms with Gasteiger partial charge in [-0.25, -0.2) is 13.6 Å². The molecule has 0 aromatic carbocycles. The first kappa shape index (κ1) is 17.9. The Balaban J connectivity index is 2.67. The van der Waals surface area contributed by atoms with Crippen molar-refractivity contribution >= 4 is 10.0 Å². The Labute approximate surface area is 124 Å². The van der Waals surface area contributed by atoms with Crippen LogP contribution in [-0.2, 0) is 14.8 Å². The summed E-state index contributed by atoms with van der Waals surface area (Å²) < 4.78 is 29.1. The van der Waals surface area contributed by atoms with Crippen LogP contribution in [0.15, 0.2) is 0 Å². The molecule has 5 heteroatoms. The van der Waals surface area contributed by atoms with Gasteiger partial charge in [0.15, 0.2) is 0 Å². The van der Waals surface area contributed by atoms with Crippen LogP contribution in [0, 0.1) is 11.3 Å². The van der Waals surface area contributed by atoms with Crippen molar-refractivity contribution in [2.45, 2.75) is 71.8 Å². The fraction of sp³-hybridized carbons (Fsp3) is 1.00. The van der Waals surface area contributed by atoms with E-state index in [-0.39, 0.29) is 17.3 Å². The number of hydrogen-bond acceptors (Lipinski definition) is 3. The molecule has 1 unspecified atom stereocenters. The smallest absolute Gasteiger partial charge is 0.209 e. The molecule has 2 N–H and O–H groups in total. The van der Waals surface area contributed by atoms with Crippen molar-refractivity contribution in [1.82, 2.24) is 0 Å². The van der Waals surface area contributed by atoms with E-state index < -0.39 is 10.0 Å². The van der Waals surface area contributed by atoms with Gasteiger partial charge in [0, 0.05) is 5.41 Å². The van der Waals surface area contributed by atoms with Gasteiger partial charge in [-0.05, 0) is 32.1 Å². The molecule has 1 fully saturated rings. The molecule has 0 spiro atoms. The minimum absolute atomic E-state index is 0.0639. The Hall–Kier alpha value is -0.130. The SMILES string of the molecule is CC(C)CC(C)OCC1(CS(N)(=O)=O)CCCCCC1. The topological polar surface area (TPSA) is 69.4 Å². The molecule has 0 bridgehead atoms. The summed E-state index contributed by atoms with van der Waals surface area (Å²) in [6, 6.07) is 0. The third-order valence-electron chi connectivity index (χ3n) is 4.15. The van der Waals surface area contributed by atoms with Crippen LogP contribution in [0.5, 0.6) is 0 Å². The molecule has 120 valence electrons. The summed E-state index contributed by atoms with van der Waals surface area (Å²) in [6.45, 7) is 6.94. The zero-order valence-corrected chi connectivity index (χ0v) is 14.0. The fourth-order valence-electron chi connectivity index (χ4n) is 3.29. The van der Waals surface area contributed by atoms with Crippen LogP contribution in [0.1, 0.15) is 65.7 Å². The Kier molecular flexibility index (Phi) is 6.95. The average molecular weight is 305 g/mol. The second kappa shape index (κ2) is 7.76. The summed E-state index contributed by atoms with van der Waals surface area (Å²) in [6.07, 6.45) is 7.55. The van der Waals surface area contributed by atoms with E-state index in [2.05, 4.69) is 20.8 Å². The maximum atomic E-state index is 11.6. The van der Waals surface area contributed by atoms with Gasteiger partial charge in [0.1, 0.15) is 0 Å². The molecule has 0 aromatic heterocycles. The molecule has 1 atom stereocenters. The van der Waals surface area contributed by atoms with Gasteiger partial charge in [-0.15, -0.1) is 0 Å². The maximum Gasteiger partial charge on any atom is 0.209 e. The van der Waals surface area contributed by atoms with E-state index in [4.69, 9.17) is 9.88 Å². The first-order valence-corrected chi connectivity index (χ1v) is 9.56. The van der Waals surface area contributed by atoms with E-state index in [1.807, 2.05) is 0 Å². The normalized spacial score (nSPS) is 21.6. The largest absolute Gasteiger partial charge is 0.378 e. The Morgan fingerprint density at radius 3 is 2.10 bits per heavy atom. The number of ether oxygens (including phenoxy) is 1. The van der Waals surface area contributed by atoms with E-state index in [0.717, 1.165) is 32.1 Å². The minimum atomic E-state index is -3.45. The zero-order valence-electron chi connectivity index (χ0n) is 13.2. The van der Waals surface area contributed by atoms with Gasteiger partial charge >= 0.3 is 0 Å². The predicted molar refractivity (Wildman–Crippen MR) is 83.0 cm³/mol. The van der Waals surface area contributed by atoms with Crippen LogP contribution >= 0.6 is 0 Å². The monoisotopic (exact) mass is 305 g/mol. The molecule has 0 aliphatic heterocycles. The molecule has 0 aromatic rings. The first-order valence-electron chi connectivity index (χ1n) is 7.84. The summed E-state index contributed by atoms with van der Waals surface area (Å²) in [5.74, 6) is 0.655. The van der Waals surface area contributed by atoms with Gasteiger partial charge in [0.2, 0.25) is 10.0 Å². The van der Waals surface area contributed by atoms with E-state index >= 15 is 0 Å². The van der Waals surface area contributed by atoms with Gasteiger partial charge in [-0.1, -0.05) is 39.5 Å². The highest BCUT2D eigenvalue weighted by Gasteiger charge is 2.35. The molecule has 0 heterocycles. The standard InChI is InChI=1S/C15H31NO3S/c1-13(2)10-14(3)19-11-15(12-20(16,17)18)8-6-4-5-7-9-15/h13-14H,4-12H2,1-3H3,(H2,16,17,18). The molecule has 1 rings (SSSR count). The van der Waals surface area contributed by atoms with Crippen LogP contribution in [0.4, 0.5) is 0 Å². The summed E-state index contributed by atoms with van der Waals surface area (Å²) in [5.41, 5.74) is -0.269. The predicted octanol–water partition coefficient (Wildman–Crippen LogP) is 3.07. The fourth-order valence-corrected chi connectivity index (χ4v) is 4.51. The molecular weight excluding hydrogens is 274 g/mol. The quantitative estimate of drug-likeness (QED) is 0.735. The molecule has 20 heavy (non-hydrogen) atoms.